The highest BCUT2D eigenvalue weighted by Gasteiger charge is 2.16. The van der Waals surface area contributed by atoms with Crippen LogP contribution in [0.3, 0.4) is 0 Å². The Morgan fingerprint density at radius 1 is 1.19 bits per heavy atom. The fourth-order valence-corrected chi connectivity index (χ4v) is 3.03. The largest absolute Gasteiger partial charge is 0.491 e. The van der Waals surface area contributed by atoms with E-state index in [1.165, 1.54) is 0 Å². The Balaban J connectivity index is 1.81. The van der Waals surface area contributed by atoms with E-state index in [9.17, 15) is 0 Å². The van der Waals surface area contributed by atoms with Gasteiger partial charge in [-0.25, -0.2) is 14.5 Å². The van der Waals surface area contributed by atoms with Crippen LogP contribution in [0, 0.1) is 13.8 Å². The summed E-state index contributed by atoms with van der Waals surface area (Å²) in [5.74, 6) is 1.46. The molecule has 0 atom stereocenters. The van der Waals surface area contributed by atoms with Crippen molar-refractivity contribution in [1.29, 1.82) is 0 Å². The molecule has 4 aromatic rings. The van der Waals surface area contributed by atoms with E-state index in [2.05, 4.69) is 15.1 Å². The fraction of sp³-hybridized carbons (Fsp3) is 0.211. The smallest absolute Gasteiger partial charge is 0.166 e. The first-order valence-corrected chi connectivity index (χ1v) is 8.37. The molecular formula is C19H19N5O2. The van der Waals surface area contributed by atoms with Gasteiger partial charge in [-0.1, -0.05) is 6.07 Å². The molecule has 0 fully saturated rings. The number of aromatic nitrogens is 5. The van der Waals surface area contributed by atoms with Crippen LogP contribution in [0.25, 0.3) is 22.7 Å². The van der Waals surface area contributed by atoms with Crippen LogP contribution in [-0.4, -0.2) is 42.5 Å². The number of ether oxygens (including phenoxy) is 1. The van der Waals surface area contributed by atoms with Crippen LogP contribution in [0.2, 0.25) is 0 Å². The topological polar surface area (TPSA) is 77.5 Å². The van der Waals surface area contributed by atoms with Crippen molar-refractivity contribution in [2.24, 2.45) is 0 Å². The highest BCUT2D eigenvalue weighted by Crippen LogP contribution is 2.27. The predicted octanol–water partition coefficient (Wildman–Crippen LogP) is 2.57. The third-order valence-electron chi connectivity index (χ3n) is 4.12. The summed E-state index contributed by atoms with van der Waals surface area (Å²) >= 11 is 0. The minimum absolute atomic E-state index is 0.0205. The van der Waals surface area contributed by atoms with Gasteiger partial charge >= 0.3 is 0 Å². The summed E-state index contributed by atoms with van der Waals surface area (Å²) in [5.41, 5.74) is 4.52. The monoisotopic (exact) mass is 349 g/mol. The third-order valence-corrected chi connectivity index (χ3v) is 4.12. The molecular weight excluding hydrogens is 330 g/mol. The molecule has 1 aromatic carbocycles. The van der Waals surface area contributed by atoms with Crippen LogP contribution >= 0.6 is 0 Å². The van der Waals surface area contributed by atoms with Crippen LogP contribution < -0.4 is 4.74 Å². The minimum atomic E-state index is -0.0205. The third kappa shape index (κ3) is 2.82. The summed E-state index contributed by atoms with van der Waals surface area (Å²) < 4.78 is 9.31. The fourth-order valence-electron chi connectivity index (χ4n) is 3.03. The molecule has 0 amide bonds. The van der Waals surface area contributed by atoms with Gasteiger partial charge in [0, 0.05) is 29.8 Å². The van der Waals surface area contributed by atoms with Gasteiger partial charge in [-0.15, -0.1) is 0 Å². The first-order valence-electron chi connectivity index (χ1n) is 8.37. The molecule has 1 N–H and O–H groups in total. The molecule has 0 saturated carbocycles. The Hall–Kier alpha value is -3.19. The van der Waals surface area contributed by atoms with Crippen molar-refractivity contribution < 1.29 is 9.84 Å². The number of aliphatic hydroxyl groups excluding tert-OH is 1. The van der Waals surface area contributed by atoms with Crippen molar-refractivity contribution in [3.05, 3.63) is 60.3 Å². The number of fused-ring (bicyclic) bond motifs is 1. The molecule has 0 aliphatic carbocycles. The zero-order chi connectivity index (χ0) is 18.1. The van der Waals surface area contributed by atoms with Crippen molar-refractivity contribution in [1.82, 2.24) is 24.1 Å². The lowest BCUT2D eigenvalue weighted by atomic mass is 10.2. The van der Waals surface area contributed by atoms with Crippen molar-refractivity contribution in [2.45, 2.75) is 13.8 Å². The second kappa shape index (κ2) is 6.61. The van der Waals surface area contributed by atoms with E-state index in [0.717, 1.165) is 34.1 Å². The van der Waals surface area contributed by atoms with E-state index in [1.807, 2.05) is 59.5 Å². The molecule has 7 heteroatoms. The molecule has 0 bridgehead atoms. The van der Waals surface area contributed by atoms with Crippen LogP contribution in [0.1, 0.15) is 11.4 Å². The maximum atomic E-state index is 8.94. The lowest BCUT2D eigenvalue weighted by molar-refractivity contribution is 0.201. The van der Waals surface area contributed by atoms with Crippen LogP contribution in [0.15, 0.2) is 48.9 Å². The number of aliphatic hydroxyl groups is 1. The van der Waals surface area contributed by atoms with Crippen LogP contribution in [0.4, 0.5) is 0 Å². The Morgan fingerprint density at radius 3 is 2.92 bits per heavy atom. The standard InChI is InChI=1S/C19H19N5O2/c1-13-10-14(2)24-19(22-13)17(12-21-24)18-20-6-7-23(18)15-4-3-5-16(11-15)26-9-8-25/h3-7,10-12,25H,8-9H2,1-2H3. The van der Waals surface area contributed by atoms with Crippen LogP contribution in [0.5, 0.6) is 5.75 Å². The van der Waals surface area contributed by atoms with E-state index in [1.54, 1.807) is 12.4 Å². The van der Waals surface area contributed by atoms with Gasteiger partial charge in [0.25, 0.3) is 0 Å². The first kappa shape index (κ1) is 16.3. The average molecular weight is 349 g/mol. The van der Waals surface area contributed by atoms with Gasteiger partial charge in [-0.3, -0.25) is 4.57 Å². The lowest BCUT2D eigenvalue weighted by Crippen LogP contribution is -2.03. The summed E-state index contributed by atoms with van der Waals surface area (Å²) in [6, 6.07) is 9.66. The zero-order valence-electron chi connectivity index (χ0n) is 14.6. The highest BCUT2D eigenvalue weighted by atomic mass is 16.5. The number of imidazole rings is 1. The number of nitrogens with zero attached hydrogens (tertiary/aromatic N) is 5. The molecule has 26 heavy (non-hydrogen) atoms. The molecule has 3 aromatic heterocycles. The van der Waals surface area contributed by atoms with E-state index in [-0.39, 0.29) is 13.2 Å². The second-order valence-electron chi connectivity index (χ2n) is 6.02. The molecule has 3 heterocycles. The number of hydrogen-bond acceptors (Lipinski definition) is 5. The van der Waals surface area contributed by atoms with Gasteiger partial charge in [-0.2, -0.15) is 5.10 Å². The Kier molecular flexibility index (Phi) is 4.14. The maximum absolute atomic E-state index is 8.94. The number of benzene rings is 1. The van der Waals surface area contributed by atoms with Gasteiger partial charge in [0.2, 0.25) is 0 Å². The minimum Gasteiger partial charge on any atom is -0.491 e. The van der Waals surface area contributed by atoms with Crippen molar-refractivity contribution >= 4 is 5.65 Å². The molecule has 0 spiro atoms. The summed E-state index contributed by atoms with van der Waals surface area (Å²) in [4.78, 5) is 9.17. The number of rotatable bonds is 5. The van der Waals surface area contributed by atoms with Crippen molar-refractivity contribution in [3.8, 4) is 22.8 Å². The van der Waals surface area contributed by atoms with Gasteiger partial charge in [0.05, 0.1) is 24.1 Å². The SMILES string of the molecule is Cc1cc(C)n2ncc(-c3nccn3-c3cccc(OCCO)c3)c2n1. The number of aryl methyl sites for hydroxylation is 2. The molecule has 0 radical (unpaired) electrons. The summed E-state index contributed by atoms with van der Waals surface area (Å²) in [6.07, 6.45) is 5.44. The normalized spacial score (nSPS) is 11.2. The van der Waals surface area contributed by atoms with E-state index in [4.69, 9.17) is 9.84 Å². The van der Waals surface area contributed by atoms with Gasteiger partial charge in [-0.05, 0) is 32.0 Å². The zero-order valence-corrected chi connectivity index (χ0v) is 14.6. The molecule has 4 rings (SSSR count). The first-order chi connectivity index (χ1) is 12.7. The summed E-state index contributed by atoms with van der Waals surface area (Å²) in [7, 11) is 0. The molecule has 7 nitrogen and oxygen atoms in total. The number of hydrogen-bond donors (Lipinski definition) is 1. The molecule has 0 aliphatic rings. The average Bonchev–Trinajstić information content (AvgIpc) is 3.26. The van der Waals surface area contributed by atoms with Gasteiger partial charge in [0.1, 0.15) is 18.2 Å². The Labute approximate surface area is 150 Å². The maximum Gasteiger partial charge on any atom is 0.166 e. The lowest BCUT2D eigenvalue weighted by Gasteiger charge is -2.10. The second-order valence-corrected chi connectivity index (χ2v) is 6.02. The quantitative estimate of drug-likeness (QED) is 0.599. The van der Waals surface area contributed by atoms with E-state index < -0.39 is 0 Å². The van der Waals surface area contributed by atoms with Gasteiger partial charge < -0.3 is 9.84 Å². The van der Waals surface area contributed by atoms with Crippen LogP contribution in [-0.2, 0) is 0 Å². The Morgan fingerprint density at radius 2 is 2.08 bits per heavy atom. The van der Waals surface area contributed by atoms with Gasteiger partial charge in [0.15, 0.2) is 5.65 Å². The molecule has 0 aliphatic heterocycles. The van der Waals surface area contributed by atoms with E-state index in [0.29, 0.717) is 5.75 Å². The molecule has 0 saturated heterocycles. The summed E-state index contributed by atoms with van der Waals surface area (Å²) in [5, 5.41) is 13.4. The molecule has 132 valence electrons. The predicted molar refractivity (Wildman–Crippen MR) is 97.6 cm³/mol. The van der Waals surface area contributed by atoms with Crippen molar-refractivity contribution in [2.75, 3.05) is 13.2 Å². The molecule has 0 unspecified atom stereocenters. The van der Waals surface area contributed by atoms with Crippen molar-refractivity contribution in [3.63, 3.8) is 0 Å². The highest BCUT2D eigenvalue weighted by molar-refractivity contribution is 5.74. The van der Waals surface area contributed by atoms with E-state index >= 15 is 0 Å². The summed E-state index contributed by atoms with van der Waals surface area (Å²) in [6.45, 7) is 4.22. The Bertz CT molecular complexity index is 1070.